The molecule has 3 heterocycles. The number of nitrogens with two attached hydrogens (primary N) is 1. The fourth-order valence-corrected chi connectivity index (χ4v) is 5.43. The SMILES string of the molecule is NC(=O)CC[C@@H]1NC(=O)CC[C@@H](C(=O)N2CCC(Oc3ccccn3)CC2)NC(=O)CCCCCCCCCCNC1=O. The van der Waals surface area contributed by atoms with Crippen LogP contribution in [0.15, 0.2) is 24.4 Å². The van der Waals surface area contributed by atoms with Crippen molar-refractivity contribution in [2.75, 3.05) is 19.6 Å². The number of likely N-dealkylation sites (tertiary alicyclic amines) is 1. The van der Waals surface area contributed by atoms with Crippen LogP contribution in [0.3, 0.4) is 0 Å². The van der Waals surface area contributed by atoms with Gasteiger partial charge in [-0.1, -0.05) is 44.6 Å². The van der Waals surface area contributed by atoms with Crippen molar-refractivity contribution in [2.24, 2.45) is 5.73 Å². The highest BCUT2D eigenvalue weighted by atomic mass is 16.5. The lowest BCUT2D eigenvalue weighted by Gasteiger charge is -2.34. The van der Waals surface area contributed by atoms with Crippen LogP contribution in [0, 0.1) is 0 Å². The van der Waals surface area contributed by atoms with Crippen molar-refractivity contribution in [1.82, 2.24) is 25.8 Å². The summed E-state index contributed by atoms with van der Waals surface area (Å²) < 4.78 is 5.95. The van der Waals surface area contributed by atoms with Crippen LogP contribution in [-0.2, 0) is 24.0 Å². The van der Waals surface area contributed by atoms with Gasteiger partial charge in [0.1, 0.15) is 18.2 Å². The summed E-state index contributed by atoms with van der Waals surface area (Å²) in [5, 5.41) is 8.44. The van der Waals surface area contributed by atoms with Gasteiger partial charge in [-0.25, -0.2) is 4.98 Å². The molecule has 0 aromatic carbocycles. The van der Waals surface area contributed by atoms with Crippen LogP contribution < -0.4 is 26.4 Å². The predicted molar refractivity (Wildman–Crippen MR) is 161 cm³/mol. The Labute approximate surface area is 254 Å². The van der Waals surface area contributed by atoms with Crippen molar-refractivity contribution in [1.29, 1.82) is 0 Å². The van der Waals surface area contributed by atoms with Crippen LogP contribution in [0.25, 0.3) is 0 Å². The van der Waals surface area contributed by atoms with Crippen LogP contribution in [0.5, 0.6) is 5.88 Å². The van der Waals surface area contributed by atoms with Crippen LogP contribution in [0.1, 0.15) is 96.3 Å². The molecule has 1 aromatic rings. The first kappa shape index (κ1) is 33.8. The van der Waals surface area contributed by atoms with Crippen molar-refractivity contribution in [3.63, 3.8) is 0 Å². The predicted octanol–water partition coefficient (Wildman–Crippen LogP) is 2.11. The largest absolute Gasteiger partial charge is 0.474 e. The molecular formula is C31H48N6O6. The average Bonchev–Trinajstić information content (AvgIpc) is 3.00. The summed E-state index contributed by atoms with van der Waals surface area (Å²) in [5.41, 5.74) is 5.29. The quantitative estimate of drug-likeness (QED) is 0.387. The van der Waals surface area contributed by atoms with E-state index >= 15 is 0 Å². The third-order valence-electron chi connectivity index (χ3n) is 7.93. The summed E-state index contributed by atoms with van der Waals surface area (Å²) in [6.07, 6.45) is 11.0. The average molecular weight is 601 g/mol. The second-order valence-corrected chi connectivity index (χ2v) is 11.5. The molecule has 0 unspecified atom stereocenters. The molecule has 3 rings (SSSR count). The molecule has 2 fully saturated rings. The smallest absolute Gasteiger partial charge is 0.245 e. The third kappa shape index (κ3) is 13.0. The minimum absolute atomic E-state index is 0.0461. The minimum Gasteiger partial charge on any atom is -0.474 e. The fourth-order valence-electron chi connectivity index (χ4n) is 5.43. The molecule has 0 aliphatic carbocycles. The van der Waals surface area contributed by atoms with Crippen LogP contribution in [-0.4, -0.2) is 77.2 Å². The van der Waals surface area contributed by atoms with E-state index < -0.39 is 23.9 Å². The van der Waals surface area contributed by atoms with Gasteiger partial charge in [-0.05, 0) is 31.7 Å². The first-order valence-corrected chi connectivity index (χ1v) is 15.8. The van der Waals surface area contributed by atoms with Gasteiger partial charge in [-0.2, -0.15) is 0 Å². The standard InChI is InChI=1S/C31H48N6O6/c32-26(38)15-13-24-30(41)34-20-9-6-4-2-1-3-5-7-11-27(39)36-25(14-16-28(40)35-24)31(42)37-21-17-23(18-22-37)43-29-12-8-10-19-33-29/h8,10,12,19,23-25H,1-7,9,11,13-18,20-22H2,(H2,32,38)(H,34,41)(H,35,40)(H,36,39)/t24-,25-/m0/s1. The van der Waals surface area contributed by atoms with Crippen molar-refractivity contribution in [2.45, 2.75) is 114 Å². The number of aromatic nitrogens is 1. The Morgan fingerprint density at radius 1 is 0.884 bits per heavy atom. The van der Waals surface area contributed by atoms with Crippen LogP contribution in [0.2, 0.25) is 0 Å². The highest BCUT2D eigenvalue weighted by Crippen LogP contribution is 2.19. The lowest BCUT2D eigenvalue weighted by Crippen LogP contribution is -2.52. The number of hydrogen-bond acceptors (Lipinski definition) is 7. The van der Waals surface area contributed by atoms with Gasteiger partial charge in [0, 0.05) is 64.0 Å². The molecule has 12 heteroatoms. The maximum atomic E-state index is 13.6. The van der Waals surface area contributed by atoms with E-state index in [9.17, 15) is 24.0 Å². The van der Waals surface area contributed by atoms with Gasteiger partial charge in [-0.3, -0.25) is 24.0 Å². The molecule has 0 bridgehead atoms. The zero-order chi connectivity index (χ0) is 30.9. The lowest BCUT2D eigenvalue weighted by molar-refractivity contribution is -0.138. The number of pyridine rings is 1. The number of ether oxygens (including phenoxy) is 1. The van der Waals surface area contributed by atoms with Crippen molar-refractivity contribution >= 4 is 29.5 Å². The second-order valence-electron chi connectivity index (χ2n) is 11.5. The maximum absolute atomic E-state index is 13.6. The van der Waals surface area contributed by atoms with Gasteiger partial charge in [0.15, 0.2) is 0 Å². The van der Waals surface area contributed by atoms with Gasteiger partial charge >= 0.3 is 0 Å². The van der Waals surface area contributed by atoms with Crippen LogP contribution in [0.4, 0.5) is 0 Å². The van der Waals surface area contributed by atoms with Crippen molar-refractivity contribution in [3.8, 4) is 5.88 Å². The molecule has 0 saturated carbocycles. The first-order chi connectivity index (χ1) is 20.8. The maximum Gasteiger partial charge on any atom is 0.245 e. The zero-order valence-corrected chi connectivity index (χ0v) is 25.2. The van der Waals surface area contributed by atoms with E-state index in [1.165, 1.54) is 0 Å². The Hall–Kier alpha value is -3.70. The number of nitrogens with one attached hydrogen (secondary N) is 3. The molecule has 0 radical (unpaired) electrons. The first-order valence-electron chi connectivity index (χ1n) is 15.8. The highest BCUT2D eigenvalue weighted by molar-refractivity contribution is 5.90. The number of rotatable bonds is 6. The number of nitrogens with zero attached hydrogens (tertiary/aromatic N) is 2. The van der Waals surface area contributed by atoms with Crippen molar-refractivity contribution in [3.05, 3.63) is 24.4 Å². The molecule has 0 spiro atoms. The molecule has 2 atom stereocenters. The monoisotopic (exact) mass is 600 g/mol. The lowest BCUT2D eigenvalue weighted by atomic mass is 10.0. The molecule has 2 aliphatic heterocycles. The van der Waals surface area contributed by atoms with Gasteiger partial charge < -0.3 is 31.3 Å². The number of amides is 5. The molecular weight excluding hydrogens is 552 g/mol. The second kappa shape index (κ2) is 18.8. The summed E-state index contributed by atoms with van der Waals surface area (Å²) in [4.78, 5) is 69.4. The zero-order valence-electron chi connectivity index (χ0n) is 25.2. The fraction of sp³-hybridized carbons (Fsp3) is 0.677. The summed E-state index contributed by atoms with van der Waals surface area (Å²) >= 11 is 0. The third-order valence-corrected chi connectivity index (χ3v) is 7.93. The Kier molecular flexibility index (Phi) is 14.7. The topological polar surface area (TPSA) is 173 Å². The highest BCUT2D eigenvalue weighted by Gasteiger charge is 2.31. The van der Waals surface area contributed by atoms with Gasteiger partial charge in [0.05, 0.1) is 0 Å². The summed E-state index contributed by atoms with van der Waals surface area (Å²) in [5.74, 6) is -1.25. The van der Waals surface area contributed by atoms with E-state index in [0.29, 0.717) is 44.8 Å². The number of primary amides is 1. The van der Waals surface area contributed by atoms with E-state index in [1.807, 2.05) is 12.1 Å². The Bertz CT molecular complexity index is 1050. The van der Waals surface area contributed by atoms with Gasteiger partial charge in [0.2, 0.25) is 35.4 Å². The Morgan fingerprint density at radius 3 is 2.23 bits per heavy atom. The molecule has 1 aromatic heterocycles. The number of carbonyl (C=O) groups is 5. The Balaban J connectivity index is 1.62. The summed E-state index contributed by atoms with van der Waals surface area (Å²) in [6, 6.07) is 3.70. The minimum atomic E-state index is -0.910. The van der Waals surface area contributed by atoms with E-state index in [-0.39, 0.29) is 49.5 Å². The summed E-state index contributed by atoms with van der Waals surface area (Å²) in [7, 11) is 0. The number of carbonyl (C=O) groups excluding carboxylic acids is 5. The summed E-state index contributed by atoms with van der Waals surface area (Å²) in [6.45, 7) is 1.42. The van der Waals surface area contributed by atoms with E-state index in [0.717, 1.165) is 51.4 Å². The van der Waals surface area contributed by atoms with Crippen LogP contribution >= 0.6 is 0 Å². The number of piperidine rings is 1. The molecule has 12 nitrogen and oxygen atoms in total. The molecule has 43 heavy (non-hydrogen) atoms. The molecule has 5 amide bonds. The van der Waals surface area contributed by atoms with E-state index in [2.05, 4.69) is 20.9 Å². The Morgan fingerprint density at radius 2 is 1.56 bits per heavy atom. The van der Waals surface area contributed by atoms with E-state index in [4.69, 9.17) is 10.5 Å². The molecule has 2 aliphatic rings. The molecule has 5 N–H and O–H groups in total. The normalized spacial score (nSPS) is 22.9. The molecule has 238 valence electrons. The van der Waals surface area contributed by atoms with Crippen molar-refractivity contribution < 1.29 is 28.7 Å². The van der Waals surface area contributed by atoms with Gasteiger partial charge in [0.25, 0.3) is 0 Å². The van der Waals surface area contributed by atoms with Gasteiger partial charge in [-0.15, -0.1) is 0 Å². The molecule has 2 saturated heterocycles. The van der Waals surface area contributed by atoms with E-state index in [1.54, 1.807) is 17.2 Å². The number of hydrogen-bond donors (Lipinski definition) is 4.